The predicted molar refractivity (Wildman–Crippen MR) is 124 cm³/mol. The highest BCUT2D eigenvalue weighted by Crippen LogP contribution is 2.46. The van der Waals surface area contributed by atoms with E-state index in [9.17, 15) is 4.39 Å². The van der Waals surface area contributed by atoms with E-state index >= 15 is 0 Å². The Hall–Kier alpha value is -3.06. The minimum atomic E-state index is -0.509. The fraction of sp³-hybridized carbons (Fsp3) is 0.423. The number of oxime groups is 1. The lowest BCUT2D eigenvalue weighted by Crippen LogP contribution is -2.66. The second kappa shape index (κ2) is 7.76. The first kappa shape index (κ1) is 20.5. The van der Waals surface area contributed by atoms with Gasteiger partial charge in [0.05, 0.1) is 27.3 Å². The monoisotopic (exact) mass is 449 g/mol. The fourth-order valence-electron chi connectivity index (χ4n) is 5.87. The molecule has 7 rings (SSSR count). The number of amidine groups is 1. The quantitative estimate of drug-likeness (QED) is 0.689. The Labute approximate surface area is 193 Å². The van der Waals surface area contributed by atoms with Gasteiger partial charge in [-0.2, -0.15) is 0 Å². The van der Waals surface area contributed by atoms with Crippen LogP contribution >= 0.6 is 0 Å². The van der Waals surface area contributed by atoms with Gasteiger partial charge in [0, 0.05) is 35.1 Å². The zero-order valence-electron chi connectivity index (χ0n) is 19.0. The van der Waals surface area contributed by atoms with Crippen molar-refractivity contribution in [2.45, 2.75) is 31.5 Å². The number of piperidine rings is 3. The van der Waals surface area contributed by atoms with E-state index in [0.717, 1.165) is 66.5 Å². The van der Waals surface area contributed by atoms with Gasteiger partial charge in [0.15, 0.2) is 5.84 Å². The highest BCUT2D eigenvalue weighted by atomic mass is 19.1. The predicted octanol–water partition coefficient (Wildman–Crippen LogP) is 4.05. The second-order valence-electron chi connectivity index (χ2n) is 9.32. The van der Waals surface area contributed by atoms with E-state index in [1.807, 2.05) is 30.3 Å². The molecular formula is C26H28FN3O3. The topological polar surface area (TPSA) is 46.5 Å². The number of rotatable bonds is 5. The van der Waals surface area contributed by atoms with Gasteiger partial charge >= 0.3 is 0 Å². The number of hydrogen-bond donors (Lipinski definition) is 0. The molecule has 1 atom stereocenters. The third-order valence-electron chi connectivity index (χ3n) is 7.63. The molecule has 6 nitrogen and oxygen atoms in total. The molecule has 4 heterocycles. The van der Waals surface area contributed by atoms with Crippen molar-refractivity contribution in [1.82, 2.24) is 9.80 Å². The van der Waals surface area contributed by atoms with Gasteiger partial charge in [0.25, 0.3) is 0 Å². The molecule has 0 aromatic heterocycles. The summed E-state index contributed by atoms with van der Waals surface area (Å²) in [5.41, 5.74) is 3.17. The lowest BCUT2D eigenvalue weighted by Gasteiger charge is -2.53. The van der Waals surface area contributed by atoms with Crippen molar-refractivity contribution in [3.8, 4) is 11.5 Å². The number of halogens is 1. The summed E-state index contributed by atoms with van der Waals surface area (Å²) in [4.78, 5) is 11.1. The highest BCUT2D eigenvalue weighted by molar-refractivity contribution is 6.05. The molecule has 0 N–H and O–H groups in total. The van der Waals surface area contributed by atoms with Crippen LogP contribution in [0.3, 0.4) is 0 Å². The van der Waals surface area contributed by atoms with Crippen molar-refractivity contribution >= 4 is 11.9 Å². The average molecular weight is 450 g/mol. The van der Waals surface area contributed by atoms with Gasteiger partial charge in [0.2, 0.25) is 5.72 Å². The van der Waals surface area contributed by atoms with Gasteiger partial charge in [-0.15, -0.1) is 0 Å². The molecule has 1 aliphatic carbocycles. The minimum Gasteiger partial charge on any atom is -0.497 e. The Morgan fingerprint density at radius 2 is 2.00 bits per heavy atom. The summed E-state index contributed by atoms with van der Waals surface area (Å²) in [7, 11) is 3.33. The third-order valence-corrected chi connectivity index (χ3v) is 7.63. The maximum Gasteiger partial charge on any atom is 0.227 e. The first-order valence-corrected chi connectivity index (χ1v) is 11.6. The first-order chi connectivity index (χ1) is 16.1. The molecule has 0 saturated carbocycles. The van der Waals surface area contributed by atoms with Gasteiger partial charge in [-0.25, -0.2) is 4.39 Å². The van der Waals surface area contributed by atoms with Crippen LogP contribution in [0.2, 0.25) is 0 Å². The Bertz CT molecular complexity index is 1160. The first-order valence-electron chi connectivity index (χ1n) is 11.6. The van der Waals surface area contributed by atoms with E-state index in [1.165, 1.54) is 6.07 Å². The molecule has 0 amide bonds. The maximum atomic E-state index is 14.5. The van der Waals surface area contributed by atoms with Crippen LogP contribution < -0.4 is 9.47 Å². The average Bonchev–Trinajstić information content (AvgIpc) is 3.43. The van der Waals surface area contributed by atoms with Crippen LogP contribution in [0.25, 0.3) is 6.08 Å². The van der Waals surface area contributed by atoms with E-state index in [2.05, 4.69) is 15.0 Å². The molecule has 1 spiro atoms. The number of ether oxygens (including phenoxy) is 2. The van der Waals surface area contributed by atoms with Crippen molar-refractivity contribution in [3.05, 3.63) is 64.5 Å². The molecule has 1 unspecified atom stereocenters. The summed E-state index contributed by atoms with van der Waals surface area (Å²) in [5.74, 6) is 2.53. The molecule has 3 fully saturated rings. The Morgan fingerprint density at radius 1 is 1.15 bits per heavy atom. The van der Waals surface area contributed by atoms with Crippen LogP contribution in [0.15, 0.2) is 47.1 Å². The third kappa shape index (κ3) is 3.21. The smallest absolute Gasteiger partial charge is 0.227 e. The van der Waals surface area contributed by atoms with Crippen LogP contribution in [-0.2, 0) is 17.8 Å². The number of benzene rings is 2. The van der Waals surface area contributed by atoms with Crippen molar-refractivity contribution in [3.63, 3.8) is 0 Å². The number of fused-ring (bicyclic) bond motifs is 3. The summed E-state index contributed by atoms with van der Waals surface area (Å²) in [5, 5.41) is 4.65. The normalized spacial score (nSPS) is 27.3. The van der Waals surface area contributed by atoms with Gasteiger partial charge in [-0.3, -0.25) is 4.90 Å². The molecule has 4 aliphatic heterocycles. The van der Waals surface area contributed by atoms with E-state index in [-0.39, 0.29) is 5.82 Å². The van der Waals surface area contributed by atoms with Gasteiger partial charge < -0.3 is 19.2 Å². The Balaban J connectivity index is 1.39. The molecule has 172 valence electrons. The van der Waals surface area contributed by atoms with Crippen molar-refractivity contribution in [2.75, 3.05) is 33.9 Å². The molecule has 2 bridgehead atoms. The van der Waals surface area contributed by atoms with Crippen LogP contribution in [0.4, 0.5) is 4.39 Å². The SMILES string of the molecule is COc1ccc(CN2C(C3=Cc4c(F)cccc4C3)=NOC23CN2CCC3CC2)c(OC)c1. The summed E-state index contributed by atoms with van der Waals surface area (Å²) in [6.45, 7) is 3.61. The number of methoxy groups -OCH3 is 2. The lowest BCUT2D eigenvalue weighted by atomic mass is 9.79. The molecule has 33 heavy (non-hydrogen) atoms. The molecular weight excluding hydrogens is 421 g/mol. The Morgan fingerprint density at radius 3 is 2.70 bits per heavy atom. The van der Waals surface area contributed by atoms with E-state index in [0.29, 0.717) is 24.4 Å². The van der Waals surface area contributed by atoms with Crippen LogP contribution in [0.5, 0.6) is 11.5 Å². The molecule has 3 saturated heterocycles. The largest absolute Gasteiger partial charge is 0.497 e. The van der Waals surface area contributed by atoms with E-state index in [4.69, 9.17) is 14.3 Å². The molecule has 5 aliphatic rings. The molecule has 2 aromatic rings. The summed E-state index contributed by atoms with van der Waals surface area (Å²) in [6.07, 6.45) is 4.77. The lowest BCUT2D eigenvalue weighted by molar-refractivity contribution is -0.198. The standard InChI is InChI=1S/C26H28FN3O3/c1-31-21-7-6-18(24(14-21)32-2)15-30-25(19-12-17-4-3-5-23(27)22(17)13-19)28-33-26(30)16-29-10-8-20(26)9-11-29/h3-7,13-14,20H,8-12,15-16H2,1-2H3. The number of nitrogens with zero attached hydrogens (tertiary/aromatic N) is 3. The zero-order chi connectivity index (χ0) is 22.6. The zero-order valence-corrected chi connectivity index (χ0v) is 19.0. The van der Waals surface area contributed by atoms with E-state index < -0.39 is 5.72 Å². The molecule has 7 heteroatoms. The molecule has 0 radical (unpaired) electrons. The van der Waals surface area contributed by atoms with Gasteiger partial charge in [-0.05, 0) is 55.8 Å². The van der Waals surface area contributed by atoms with E-state index in [1.54, 1.807) is 20.3 Å². The Kier molecular flexibility index (Phi) is 4.83. The van der Waals surface area contributed by atoms with Crippen molar-refractivity contribution in [1.29, 1.82) is 0 Å². The van der Waals surface area contributed by atoms with Crippen molar-refractivity contribution in [2.24, 2.45) is 11.1 Å². The summed E-state index contributed by atoms with van der Waals surface area (Å²) < 4.78 is 25.6. The minimum absolute atomic E-state index is 0.192. The molecule has 2 aromatic carbocycles. The van der Waals surface area contributed by atoms with Gasteiger partial charge in [-0.1, -0.05) is 17.3 Å². The fourth-order valence-corrected chi connectivity index (χ4v) is 5.87. The highest BCUT2D eigenvalue weighted by Gasteiger charge is 2.57. The number of hydrogen-bond acceptors (Lipinski definition) is 6. The van der Waals surface area contributed by atoms with Crippen LogP contribution in [0.1, 0.15) is 29.5 Å². The van der Waals surface area contributed by atoms with Crippen LogP contribution in [0, 0.1) is 11.7 Å². The maximum absolute atomic E-state index is 14.5. The summed E-state index contributed by atoms with van der Waals surface area (Å²) in [6, 6.07) is 11.2. The summed E-state index contributed by atoms with van der Waals surface area (Å²) >= 11 is 0. The van der Waals surface area contributed by atoms with Gasteiger partial charge in [0.1, 0.15) is 17.3 Å². The van der Waals surface area contributed by atoms with Crippen molar-refractivity contribution < 1.29 is 18.7 Å². The van der Waals surface area contributed by atoms with Crippen LogP contribution in [-0.4, -0.2) is 55.2 Å². The second-order valence-corrected chi connectivity index (χ2v) is 9.32.